The number of rotatable bonds is 3. The fourth-order valence-corrected chi connectivity index (χ4v) is 3.74. The van der Waals surface area contributed by atoms with Gasteiger partial charge in [-0.2, -0.15) is 0 Å². The first-order valence-electron chi connectivity index (χ1n) is 6.74. The Kier molecular flexibility index (Phi) is 3.48. The highest BCUT2D eigenvalue weighted by atomic mass is 32.1. The summed E-state index contributed by atoms with van der Waals surface area (Å²) >= 11 is 1.35. The van der Waals surface area contributed by atoms with E-state index in [1.807, 2.05) is 0 Å². The summed E-state index contributed by atoms with van der Waals surface area (Å²) in [6.45, 7) is -0.0295. The molecule has 1 aromatic heterocycles. The quantitative estimate of drug-likeness (QED) is 0.913. The highest BCUT2D eigenvalue weighted by Gasteiger charge is 2.35. The molecule has 1 amide bonds. The molecule has 1 fully saturated rings. The minimum Gasteiger partial charge on any atom is -0.394 e. The summed E-state index contributed by atoms with van der Waals surface area (Å²) in [5.41, 5.74) is -0.474. The molecule has 1 aromatic carbocycles. The Hall–Kier alpha value is -1.46. The second-order valence-electron chi connectivity index (χ2n) is 5.39. The molecule has 1 aliphatic rings. The Morgan fingerprint density at radius 3 is 2.80 bits per heavy atom. The average molecular weight is 293 g/mol. The maximum absolute atomic E-state index is 13.2. The molecule has 0 bridgehead atoms. The van der Waals surface area contributed by atoms with Crippen molar-refractivity contribution in [1.82, 2.24) is 5.32 Å². The van der Waals surface area contributed by atoms with E-state index in [0.717, 1.165) is 35.8 Å². The Morgan fingerprint density at radius 2 is 2.10 bits per heavy atom. The highest BCUT2D eigenvalue weighted by molar-refractivity contribution is 7.20. The zero-order chi connectivity index (χ0) is 14.2. The Labute approximate surface area is 120 Å². The van der Waals surface area contributed by atoms with Gasteiger partial charge in [-0.25, -0.2) is 4.39 Å². The third kappa shape index (κ3) is 2.43. The van der Waals surface area contributed by atoms with Crippen molar-refractivity contribution in [2.75, 3.05) is 6.61 Å². The summed E-state index contributed by atoms with van der Waals surface area (Å²) in [4.78, 5) is 12.9. The van der Waals surface area contributed by atoms with Crippen molar-refractivity contribution in [2.45, 2.75) is 31.2 Å². The molecular weight excluding hydrogens is 277 g/mol. The lowest BCUT2D eigenvalue weighted by Gasteiger charge is -2.27. The summed E-state index contributed by atoms with van der Waals surface area (Å²) in [5.74, 6) is -0.479. The third-order valence-corrected chi connectivity index (χ3v) is 5.06. The minimum absolute atomic E-state index is 0.0295. The van der Waals surface area contributed by atoms with Crippen LogP contribution in [0.4, 0.5) is 4.39 Å². The van der Waals surface area contributed by atoms with Crippen molar-refractivity contribution in [3.8, 4) is 0 Å². The van der Waals surface area contributed by atoms with E-state index in [1.54, 1.807) is 12.1 Å². The van der Waals surface area contributed by atoms with Gasteiger partial charge in [-0.05, 0) is 42.5 Å². The summed E-state index contributed by atoms with van der Waals surface area (Å²) in [5, 5.41) is 13.2. The van der Waals surface area contributed by atoms with E-state index < -0.39 is 5.54 Å². The number of aliphatic hydroxyl groups is 1. The zero-order valence-electron chi connectivity index (χ0n) is 11.0. The normalized spacial score (nSPS) is 17.5. The molecule has 1 saturated carbocycles. The van der Waals surface area contributed by atoms with Crippen molar-refractivity contribution in [2.24, 2.45) is 0 Å². The van der Waals surface area contributed by atoms with Crippen LogP contribution in [-0.2, 0) is 0 Å². The van der Waals surface area contributed by atoms with Gasteiger partial charge in [0.05, 0.1) is 17.0 Å². The molecule has 1 heterocycles. The molecular formula is C15H16FNO2S. The monoisotopic (exact) mass is 293 g/mol. The molecule has 2 aromatic rings. The number of aliphatic hydroxyl groups excluding tert-OH is 1. The van der Waals surface area contributed by atoms with Gasteiger partial charge in [0.1, 0.15) is 5.82 Å². The molecule has 1 aliphatic carbocycles. The van der Waals surface area contributed by atoms with Gasteiger partial charge in [-0.1, -0.05) is 12.8 Å². The van der Waals surface area contributed by atoms with Crippen LogP contribution in [0, 0.1) is 5.82 Å². The number of fused-ring (bicyclic) bond motifs is 1. The van der Waals surface area contributed by atoms with Crippen LogP contribution in [0.5, 0.6) is 0 Å². The van der Waals surface area contributed by atoms with Crippen molar-refractivity contribution in [1.29, 1.82) is 0 Å². The average Bonchev–Trinajstić information content (AvgIpc) is 3.05. The van der Waals surface area contributed by atoms with Crippen molar-refractivity contribution in [3.63, 3.8) is 0 Å². The fourth-order valence-electron chi connectivity index (χ4n) is 2.80. The number of halogens is 1. The second-order valence-corrected chi connectivity index (χ2v) is 6.48. The number of carbonyl (C=O) groups excluding carboxylic acids is 1. The molecule has 0 atom stereocenters. The van der Waals surface area contributed by atoms with Gasteiger partial charge in [0.15, 0.2) is 0 Å². The van der Waals surface area contributed by atoms with Gasteiger partial charge in [0, 0.05) is 4.70 Å². The van der Waals surface area contributed by atoms with E-state index in [4.69, 9.17) is 0 Å². The molecule has 0 saturated heterocycles. The number of hydrogen-bond donors (Lipinski definition) is 2. The first-order chi connectivity index (χ1) is 9.62. The number of amides is 1. The lowest BCUT2D eigenvalue weighted by atomic mass is 9.99. The van der Waals surface area contributed by atoms with Crippen molar-refractivity contribution in [3.05, 3.63) is 35.0 Å². The van der Waals surface area contributed by atoms with E-state index in [1.165, 1.54) is 23.5 Å². The number of thiophene rings is 1. The van der Waals surface area contributed by atoms with Gasteiger partial charge in [0.2, 0.25) is 0 Å². The van der Waals surface area contributed by atoms with E-state index in [9.17, 15) is 14.3 Å². The Morgan fingerprint density at radius 1 is 1.35 bits per heavy atom. The predicted molar refractivity (Wildman–Crippen MR) is 77.5 cm³/mol. The molecule has 0 unspecified atom stereocenters. The van der Waals surface area contributed by atoms with Crippen LogP contribution in [0.2, 0.25) is 0 Å². The third-order valence-electron chi connectivity index (χ3n) is 3.94. The largest absolute Gasteiger partial charge is 0.394 e. The van der Waals surface area contributed by atoms with Crippen LogP contribution in [0.15, 0.2) is 24.3 Å². The van der Waals surface area contributed by atoms with Crippen LogP contribution in [0.3, 0.4) is 0 Å². The summed E-state index contributed by atoms with van der Waals surface area (Å²) in [7, 11) is 0. The number of nitrogens with one attached hydrogen (secondary N) is 1. The topological polar surface area (TPSA) is 49.3 Å². The standard InChI is InChI=1S/C15H16FNO2S/c16-11-3-4-12-10(7-11)8-13(20-12)14(19)17-15(9-18)5-1-2-6-15/h3-4,7-8,18H,1-2,5-6,9H2,(H,17,19). The zero-order valence-corrected chi connectivity index (χ0v) is 11.8. The molecule has 0 spiro atoms. The van der Waals surface area contributed by atoms with Gasteiger partial charge in [-0.3, -0.25) is 4.79 Å². The van der Waals surface area contributed by atoms with Crippen LogP contribution in [0.1, 0.15) is 35.4 Å². The van der Waals surface area contributed by atoms with E-state index in [-0.39, 0.29) is 18.3 Å². The molecule has 20 heavy (non-hydrogen) atoms. The fraction of sp³-hybridized carbons (Fsp3) is 0.400. The van der Waals surface area contributed by atoms with E-state index in [0.29, 0.717) is 4.88 Å². The van der Waals surface area contributed by atoms with Gasteiger partial charge in [-0.15, -0.1) is 11.3 Å². The van der Waals surface area contributed by atoms with Crippen molar-refractivity contribution < 1.29 is 14.3 Å². The smallest absolute Gasteiger partial charge is 0.261 e. The summed E-state index contributed by atoms with van der Waals surface area (Å²) in [6.07, 6.45) is 3.68. The van der Waals surface area contributed by atoms with Crippen LogP contribution >= 0.6 is 11.3 Å². The van der Waals surface area contributed by atoms with E-state index in [2.05, 4.69) is 5.32 Å². The van der Waals surface area contributed by atoms with Crippen LogP contribution < -0.4 is 5.32 Å². The molecule has 5 heteroatoms. The molecule has 106 valence electrons. The first kappa shape index (κ1) is 13.5. The predicted octanol–water partition coefficient (Wildman–Crippen LogP) is 3.08. The van der Waals surface area contributed by atoms with Gasteiger partial charge in [0.25, 0.3) is 5.91 Å². The number of carbonyl (C=O) groups is 1. The molecule has 0 radical (unpaired) electrons. The first-order valence-corrected chi connectivity index (χ1v) is 7.56. The number of benzene rings is 1. The van der Waals surface area contributed by atoms with Gasteiger partial charge < -0.3 is 10.4 Å². The summed E-state index contributed by atoms with van der Waals surface area (Å²) in [6, 6.07) is 6.22. The maximum atomic E-state index is 13.2. The van der Waals surface area contributed by atoms with Gasteiger partial charge >= 0.3 is 0 Å². The summed E-state index contributed by atoms with van der Waals surface area (Å²) < 4.78 is 14.1. The minimum atomic E-state index is -0.474. The lowest BCUT2D eigenvalue weighted by Crippen LogP contribution is -2.49. The van der Waals surface area contributed by atoms with Crippen LogP contribution in [-0.4, -0.2) is 23.2 Å². The molecule has 3 nitrogen and oxygen atoms in total. The maximum Gasteiger partial charge on any atom is 0.261 e. The molecule has 3 rings (SSSR count). The molecule has 2 N–H and O–H groups in total. The number of hydrogen-bond acceptors (Lipinski definition) is 3. The molecule has 0 aliphatic heterocycles. The van der Waals surface area contributed by atoms with Crippen molar-refractivity contribution >= 4 is 27.3 Å². The van der Waals surface area contributed by atoms with Crippen LogP contribution in [0.25, 0.3) is 10.1 Å². The highest BCUT2D eigenvalue weighted by Crippen LogP contribution is 2.31. The lowest BCUT2D eigenvalue weighted by molar-refractivity contribution is 0.0842. The SMILES string of the molecule is O=C(NC1(CO)CCCC1)c1cc2cc(F)ccc2s1. The second kappa shape index (κ2) is 5.14. The van der Waals surface area contributed by atoms with E-state index >= 15 is 0 Å². The Bertz CT molecular complexity index is 646. The Balaban J connectivity index is 1.85.